The highest BCUT2D eigenvalue weighted by molar-refractivity contribution is 6.14. The Balaban J connectivity index is 1.55. The van der Waals surface area contributed by atoms with E-state index in [2.05, 4.69) is 10.6 Å². The topological polar surface area (TPSA) is 78.5 Å². The van der Waals surface area contributed by atoms with E-state index >= 15 is 0 Å². The van der Waals surface area contributed by atoms with Crippen molar-refractivity contribution in [2.75, 3.05) is 11.9 Å². The van der Waals surface area contributed by atoms with Crippen molar-refractivity contribution < 1.29 is 14.4 Å². The molecule has 0 radical (unpaired) electrons. The third-order valence-corrected chi connectivity index (χ3v) is 5.73. The van der Waals surface area contributed by atoms with Crippen LogP contribution in [0.4, 0.5) is 5.69 Å². The van der Waals surface area contributed by atoms with Gasteiger partial charge in [-0.1, -0.05) is 48.5 Å². The van der Waals surface area contributed by atoms with Crippen LogP contribution in [0, 0.1) is 11.8 Å². The first kappa shape index (κ1) is 15.3. The molecule has 2 fully saturated rings. The average Bonchev–Trinajstić information content (AvgIpc) is 3.26. The Bertz CT molecular complexity index is 942. The van der Waals surface area contributed by atoms with Gasteiger partial charge in [0.15, 0.2) is 0 Å². The Morgan fingerprint density at radius 2 is 1.69 bits per heavy atom. The molecule has 0 aliphatic carbocycles. The molecule has 3 atom stereocenters. The zero-order valence-corrected chi connectivity index (χ0v) is 13.9. The molecule has 6 nitrogen and oxygen atoms in total. The first-order valence-corrected chi connectivity index (χ1v) is 8.68. The van der Waals surface area contributed by atoms with Gasteiger partial charge in [0.05, 0.1) is 18.4 Å². The Labute approximate surface area is 150 Å². The summed E-state index contributed by atoms with van der Waals surface area (Å²) in [5.74, 6) is -1.95. The van der Waals surface area contributed by atoms with Gasteiger partial charge in [0, 0.05) is 17.8 Å². The predicted octanol–water partition coefficient (Wildman–Crippen LogP) is 1.24. The second-order valence-corrected chi connectivity index (χ2v) is 7.02. The lowest BCUT2D eigenvalue weighted by Crippen LogP contribution is -2.51. The van der Waals surface area contributed by atoms with Crippen LogP contribution in [0.25, 0.3) is 0 Å². The van der Waals surface area contributed by atoms with E-state index < -0.39 is 17.4 Å². The molecule has 3 amide bonds. The molecule has 3 heterocycles. The third kappa shape index (κ3) is 1.82. The second kappa shape index (κ2) is 5.25. The summed E-state index contributed by atoms with van der Waals surface area (Å²) in [5.41, 5.74) is 1.19. The SMILES string of the molecule is O=C1[C@@H]2[C@@H](CN[C@]23C(=O)Nc2ccccc23)C(=O)N1Cc1ccccc1. The van der Waals surface area contributed by atoms with Crippen molar-refractivity contribution >= 4 is 23.4 Å². The molecule has 0 unspecified atom stereocenters. The fourth-order valence-corrected chi connectivity index (χ4v) is 4.55. The highest BCUT2D eigenvalue weighted by atomic mass is 16.2. The van der Waals surface area contributed by atoms with E-state index in [0.29, 0.717) is 12.2 Å². The van der Waals surface area contributed by atoms with Crippen LogP contribution < -0.4 is 10.6 Å². The van der Waals surface area contributed by atoms with Crippen LogP contribution in [-0.2, 0) is 26.5 Å². The lowest BCUT2D eigenvalue weighted by molar-refractivity contribution is -0.143. The summed E-state index contributed by atoms with van der Waals surface area (Å²) in [6, 6.07) is 16.8. The first-order valence-electron chi connectivity index (χ1n) is 8.68. The number of hydrogen-bond acceptors (Lipinski definition) is 4. The number of benzene rings is 2. The van der Waals surface area contributed by atoms with Crippen molar-refractivity contribution in [1.29, 1.82) is 0 Å². The molecule has 5 rings (SSSR count). The number of nitrogens with zero attached hydrogens (tertiary/aromatic N) is 1. The second-order valence-electron chi connectivity index (χ2n) is 7.02. The van der Waals surface area contributed by atoms with Crippen LogP contribution in [0.15, 0.2) is 54.6 Å². The van der Waals surface area contributed by atoms with Gasteiger partial charge in [-0.25, -0.2) is 0 Å². The maximum Gasteiger partial charge on any atom is 0.250 e. The van der Waals surface area contributed by atoms with E-state index in [1.165, 1.54) is 4.90 Å². The van der Waals surface area contributed by atoms with Gasteiger partial charge >= 0.3 is 0 Å². The van der Waals surface area contributed by atoms with Gasteiger partial charge in [0.2, 0.25) is 17.7 Å². The maximum atomic E-state index is 13.2. The molecule has 0 aromatic heterocycles. The number of anilines is 1. The highest BCUT2D eigenvalue weighted by Gasteiger charge is 2.67. The monoisotopic (exact) mass is 347 g/mol. The fraction of sp³-hybridized carbons (Fsp3) is 0.250. The van der Waals surface area contributed by atoms with Crippen molar-refractivity contribution in [3.63, 3.8) is 0 Å². The van der Waals surface area contributed by atoms with E-state index in [0.717, 1.165) is 11.1 Å². The summed E-state index contributed by atoms with van der Waals surface area (Å²) in [4.78, 5) is 40.3. The van der Waals surface area contributed by atoms with Gasteiger partial charge in [-0.3, -0.25) is 24.6 Å². The minimum Gasteiger partial charge on any atom is -0.324 e. The van der Waals surface area contributed by atoms with Gasteiger partial charge in [-0.2, -0.15) is 0 Å². The largest absolute Gasteiger partial charge is 0.324 e. The number of amides is 3. The molecule has 3 aliphatic heterocycles. The molecule has 6 heteroatoms. The van der Waals surface area contributed by atoms with Crippen molar-refractivity contribution in [1.82, 2.24) is 10.2 Å². The van der Waals surface area contributed by atoms with Crippen molar-refractivity contribution in [2.45, 2.75) is 12.1 Å². The number of para-hydroxylation sites is 1. The zero-order valence-electron chi connectivity index (χ0n) is 13.9. The number of likely N-dealkylation sites (tertiary alicyclic amines) is 1. The summed E-state index contributed by atoms with van der Waals surface area (Å²) in [7, 11) is 0. The van der Waals surface area contributed by atoms with E-state index in [1.807, 2.05) is 54.6 Å². The summed E-state index contributed by atoms with van der Waals surface area (Å²) < 4.78 is 0. The molecule has 3 aliphatic rings. The Hall–Kier alpha value is -2.99. The normalized spacial score (nSPS) is 29.2. The van der Waals surface area contributed by atoms with Gasteiger partial charge in [-0.15, -0.1) is 0 Å². The minimum absolute atomic E-state index is 0.203. The van der Waals surface area contributed by atoms with Crippen LogP contribution in [0.5, 0.6) is 0 Å². The van der Waals surface area contributed by atoms with Gasteiger partial charge < -0.3 is 5.32 Å². The summed E-state index contributed by atoms with van der Waals surface area (Å²) >= 11 is 0. The number of rotatable bonds is 2. The number of imide groups is 1. The molecule has 0 bridgehead atoms. The number of carbonyl (C=O) groups is 3. The van der Waals surface area contributed by atoms with Gasteiger partial charge in [0.1, 0.15) is 5.54 Å². The lowest BCUT2D eigenvalue weighted by Gasteiger charge is -2.28. The van der Waals surface area contributed by atoms with Gasteiger partial charge in [-0.05, 0) is 11.6 Å². The first-order chi connectivity index (χ1) is 12.6. The Morgan fingerprint density at radius 1 is 0.962 bits per heavy atom. The zero-order chi connectivity index (χ0) is 17.9. The molecule has 1 spiro atoms. The molecular formula is C20H17N3O3. The summed E-state index contributed by atoms with van der Waals surface area (Å²) in [6.45, 7) is 0.563. The standard InChI is InChI=1S/C20H17N3O3/c24-17-13-10-21-20(14-8-4-5-9-15(14)22-19(20)26)16(13)18(25)23(17)11-12-6-2-1-3-7-12/h1-9,13,16,21H,10-11H2,(H,22,26)/t13-,16+,20+/m1/s1. The predicted molar refractivity (Wildman–Crippen MR) is 93.7 cm³/mol. The van der Waals surface area contributed by atoms with E-state index in [-0.39, 0.29) is 24.3 Å². The maximum absolute atomic E-state index is 13.2. The molecular weight excluding hydrogens is 330 g/mol. The van der Waals surface area contributed by atoms with Crippen LogP contribution in [-0.4, -0.2) is 29.2 Å². The highest BCUT2D eigenvalue weighted by Crippen LogP contribution is 2.50. The summed E-state index contributed by atoms with van der Waals surface area (Å²) in [5, 5.41) is 6.06. The van der Waals surface area contributed by atoms with Gasteiger partial charge in [0.25, 0.3) is 0 Å². The minimum atomic E-state index is -1.15. The number of nitrogens with one attached hydrogen (secondary N) is 2. The Morgan fingerprint density at radius 3 is 2.50 bits per heavy atom. The molecule has 26 heavy (non-hydrogen) atoms. The van der Waals surface area contributed by atoms with Crippen LogP contribution in [0.1, 0.15) is 11.1 Å². The number of fused-ring (bicyclic) bond motifs is 4. The van der Waals surface area contributed by atoms with Crippen LogP contribution in [0.2, 0.25) is 0 Å². The quantitative estimate of drug-likeness (QED) is 0.801. The van der Waals surface area contributed by atoms with E-state index in [9.17, 15) is 14.4 Å². The fourth-order valence-electron chi connectivity index (χ4n) is 4.55. The van der Waals surface area contributed by atoms with E-state index in [4.69, 9.17) is 0 Å². The summed E-state index contributed by atoms with van der Waals surface area (Å²) in [6.07, 6.45) is 0. The molecule has 2 saturated heterocycles. The number of hydrogen-bond donors (Lipinski definition) is 2. The average molecular weight is 347 g/mol. The van der Waals surface area contributed by atoms with Crippen LogP contribution >= 0.6 is 0 Å². The molecule has 0 saturated carbocycles. The smallest absolute Gasteiger partial charge is 0.250 e. The van der Waals surface area contributed by atoms with E-state index in [1.54, 1.807) is 0 Å². The van der Waals surface area contributed by atoms with Crippen molar-refractivity contribution in [3.8, 4) is 0 Å². The van der Waals surface area contributed by atoms with Crippen molar-refractivity contribution in [3.05, 3.63) is 65.7 Å². The molecule has 2 N–H and O–H groups in total. The molecule has 2 aromatic rings. The molecule has 130 valence electrons. The van der Waals surface area contributed by atoms with Crippen LogP contribution in [0.3, 0.4) is 0 Å². The van der Waals surface area contributed by atoms with Crippen molar-refractivity contribution in [2.24, 2.45) is 11.8 Å². The number of carbonyl (C=O) groups excluding carboxylic acids is 3. The molecule has 2 aromatic carbocycles. The Kier molecular flexibility index (Phi) is 3.09. The lowest BCUT2D eigenvalue weighted by atomic mass is 9.77. The third-order valence-electron chi connectivity index (χ3n) is 5.73.